The maximum Gasteiger partial charge on any atom is 0.277 e. The summed E-state index contributed by atoms with van der Waals surface area (Å²) in [6.07, 6.45) is 1.41. The van der Waals surface area contributed by atoms with E-state index in [2.05, 4.69) is 38.4 Å². The topological polar surface area (TPSA) is 89.0 Å². The van der Waals surface area contributed by atoms with E-state index in [1.165, 1.54) is 24.4 Å². The quantitative estimate of drug-likeness (QED) is 0.219. The van der Waals surface area contributed by atoms with Gasteiger partial charge in [0.2, 0.25) is 0 Å². The van der Waals surface area contributed by atoms with Crippen LogP contribution in [0.1, 0.15) is 5.56 Å². The molecule has 2 N–H and O–H groups in total. The summed E-state index contributed by atoms with van der Waals surface area (Å²) in [5, 5.41) is 6.53. The lowest BCUT2D eigenvalue weighted by Crippen LogP contribution is -2.24. The molecule has 0 spiro atoms. The third kappa shape index (κ3) is 7.72. The number of amides is 2. The van der Waals surface area contributed by atoms with Gasteiger partial charge in [-0.05, 0) is 70.6 Å². The summed E-state index contributed by atoms with van der Waals surface area (Å²) in [6, 6.07) is 17.9. The Labute approximate surface area is 208 Å². The van der Waals surface area contributed by atoms with Gasteiger partial charge in [-0.2, -0.15) is 5.10 Å². The van der Waals surface area contributed by atoms with Crippen LogP contribution in [0.25, 0.3) is 0 Å². The van der Waals surface area contributed by atoms with Crippen LogP contribution in [0.4, 0.5) is 10.1 Å². The number of anilines is 1. The molecule has 0 saturated heterocycles. The first-order valence-electron chi connectivity index (χ1n) is 9.58. The minimum atomic E-state index is -0.541. The number of ether oxygens (including phenoxy) is 2. The molecule has 3 rings (SSSR count). The minimum absolute atomic E-state index is 0.0645. The Bertz CT molecular complexity index is 1180. The lowest BCUT2D eigenvalue weighted by molar-refractivity contribution is -0.123. The number of nitrogens with one attached hydrogen (secondary N) is 2. The van der Waals surface area contributed by atoms with E-state index < -0.39 is 17.6 Å². The summed E-state index contributed by atoms with van der Waals surface area (Å²) in [6.45, 7) is -0.530. The molecule has 0 radical (unpaired) electrons. The van der Waals surface area contributed by atoms with E-state index in [4.69, 9.17) is 21.1 Å². The predicted molar refractivity (Wildman–Crippen MR) is 132 cm³/mol. The van der Waals surface area contributed by atoms with Crippen molar-refractivity contribution in [2.75, 3.05) is 18.5 Å². The highest BCUT2D eigenvalue weighted by molar-refractivity contribution is 14.1. The van der Waals surface area contributed by atoms with Gasteiger partial charge in [0.25, 0.3) is 11.8 Å². The molecule has 0 bridgehead atoms. The summed E-state index contributed by atoms with van der Waals surface area (Å²) in [5.41, 5.74) is 3.03. The van der Waals surface area contributed by atoms with Crippen LogP contribution >= 0.6 is 34.2 Å². The van der Waals surface area contributed by atoms with Crippen molar-refractivity contribution >= 4 is 57.9 Å². The number of benzene rings is 3. The number of para-hydroxylation sites is 2. The molecule has 0 atom stereocenters. The fraction of sp³-hybridized carbons (Fsp3) is 0.0870. The molecular weight excluding hydrogens is 564 g/mol. The molecule has 7 nitrogen and oxygen atoms in total. The van der Waals surface area contributed by atoms with Crippen molar-refractivity contribution in [3.8, 4) is 11.5 Å². The Kier molecular flexibility index (Phi) is 9.02. The van der Waals surface area contributed by atoms with Gasteiger partial charge in [-0.1, -0.05) is 35.9 Å². The zero-order valence-corrected chi connectivity index (χ0v) is 20.0. The van der Waals surface area contributed by atoms with Gasteiger partial charge in [0.05, 0.1) is 20.5 Å². The number of halogens is 3. The van der Waals surface area contributed by atoms with E-state index in [0.717, 1.165) is 3.57 Å². The molecule has 0 fully saturated rings. The van der Waals surface area contributed by atoms with E-state index in [0.29, 0.717) is 11.3 Å². The van der Waals surface area contributed by atoms with Crippen LogP contribution in [0.3, 0.4) is 0 Å². The minimum Gasteiger partial charge on any atom is -0.483 e. The molecule has 0 aromatic heterocycles. The average molecular weight is 582 g/mol. The standard InChI is InChI=1S/C23H18ClFIN3O4/c24-16-11-15(12-27-29-23(31)14-33-21-8-4-2-6-18(21)26)9-10-20(16)32-13-22(30)28-19-7-3-1-5-17(19)25/h1-12H,13-14H2,(H,28,30)(H,29,31)/b27-12+. The monoisotopic (exact) mass is 581 g/mol. The van der Waals surface area contributed by atoms with Gasteiger partial charge >= 0.3 is 0 Å². The number of hydrazone groups is 1. The van der Waals surface area contributed by atoms with Gasteiger partial charge in [0.1, 0.15) is 17.3 Å². The van der Waals surface area contributed by atoms with Crippen molar-refractivity contribution in [1.82, 2.24) is 5.43 Å². The predicted octanol–water partition coefficient (Wildman–Crippen LogP) is 4.63. The van der Waals surface area contributed by atoms with Gasteiger partial charge < -0.3 is 14.8 Å². The molecule has 10 heteroatoms. The Morgan fingerprint density at radius 3 is 2.42 bits per heavy atom. The first-order valence-corrected chi connectivity index (χ1v) is 11.0. The van der Waals surface area contributed by atoms with Gasteiger partial charge in [0, 0.05) is 0 Å². The fourth-order valence-corrected chi connectivity index (χ4v) is 3.31. The van der Waals surface area contributed by atoms with Crippen molar-refractivity contribution in [2.24, 2.45) is 5.10 Å². The lowest BCUT2D eigenvalue weighted by atomic mass is 10.2. The number of carbonyl (C=O) groups is 2. The number of carbonyl (C=O) groups excluding carboxylic acids is 2. The van der Waals surface area contributed by atoms with E-state index in [1.807, 2.05) is 18.2 Å². The molecule has 2 amide bonds. The second kappa shape index (κ2) is 12.2. The maximum absolute atomic E-state index is 13.6. The highest BCUT2D eigenvalue weighted by atomic mass is 127. The van der Waals surface area contributed by atoms with E-state index in [-0.39, 0.29) is 29.7 Å². The molecule has 3 aromatic carbocycles. The van der Waals surface area contributed by atoms with Gasteiger partial charge in [0.15, 0.2) is 13.2 Å². The zero-order chi connectivity index (χ0) is 23.6. The summed E-state index contributed by atoms with van der Waals surface area (Å²) < 4.78 is 25.3. The Balaban J connectivity index is 1.46. The molecule has 0 heterocycles. The molecule has 0 aliphatic rings. The smallest absolute Gasteiger partial charge is 0.277 e. The summed E-state index contributed by atoms with van der Waals surface area (Å²) in [7, 11) is 0. The largest absolute Gasteiger partial charge is 0.483 e. The van der Waals surface area contributed by atoms with Crippen LogP contribution in [-0.2, 0) is 9.59 Å². The Morgan fingerprint density at radius 2 is 1.67 bits per heavy atom. The second-order valence-corrected chi connectivity index (χ2v) is 8.09. The number of hydrogen-bond donors (Lipinski definition) is 2. The first-order chi connectivity index (χ1) is 15.9. The molecule has 33 heavy (non-hydrogen) atoms. The molecule has 0 aliphatic heterocycles. The van der Waals surface area contributed by atoms with Crippen LogP contribution in [-0.4, -0.2) is 31.2 Å². The number of nitrogens with zero attached hydrogens (tertiary/aromatic N) is 1. The van der Waals surface area contributed by atoms with E-state index >= 15 is 0 Å². The van der Waals surface area contributed by atoms with Crippen molar-refractivity contribution in [1.29, 1.82) is 0 Å². The van der Waals surface area contributed by atoms with E-state index in [9.17, 15) is 14.0 Å². The maximum atomic E-state index is 13.6. The van der Waals surface area contributed by atoms with Gasteiger partial charge in [-0.25, -0.2) is 9.82 Å². The average Bonchev–Trinajstić information content (AvgIpc) is 2.79. The van der Waals surface area contributed by atoms with Gasteiger partial charge in [-0.15, -0.1) is 0 Å². The third-order valence-electron chi connectivity index (χ3n) is 4.06. The fourth-order valence-electron chi connectivity index (χ4n) is 2.52. The molecule has 170 valence electrons. The zero-order valence-electron chi connectivity index (χ0n) is 17.1. The lowest BCUT2D eigenvalue weighted by Gasteiger charge is -2.09. The number of rotatable bonds is 9. The third-order valence-corrected chi connectivity index (χ3v) is 5.25. The Hall–Kier alpha value is -3.18. The first kappa shape index (κ1) is 24.5. The van der Waals surface area contributed by atoms with Crippen molar-refractivity contribution in [3.05, 3.63) is 86.7 Å². The SMILES string of the molecule is O=C(COc1ccccc1I)N/N=C/c1ccc(OCC(=O)Nc2ccccc2F)c(Cl)c1. The normalized spacial score (nSPS) is 10.6. The summed E-state index contributed by atoms with van der Waals surface area (Å²) >= 11 is 8.30. The van der Waals surface area contributed by atoms with Crippen molar-refractivity contribution < 1.29 is 23.5 Å². The van der Waals surface area contributed by atoms with Crippen LogP contribution in [0.15, 0.2) is 71.8 Å². The van der Waals surface area contributed by atoms with Crippen molar-refractivity contribution in [2.45, 2.75) is 0 Å². The second-order valence-electron chi connectivity index (χ2n) is 6.52. The molecule has 3 aromatic rings. The highest BCUT2D eigenvalue weighted by Crippen LogP contribution is 2.25. The van der Waals surface area contributed by atoms with E-state index in [1.54, 1.807) is 30.3 Å². The van der Waals surface area contributed by atoms with Crippen molar-refractivity contribution in [3.63, 3.8) is 0 Å². The summed E-state index contributed by atoms with van der Waals surface area (Å²) in [5.74, 6) is -0.606. The highest BCUT2D eigenvalue weighted by Gasteiger charge is 2.09. The Morgan fingerprint density at radius 1 is 0.970 bits per heavy atom. The van der Waals surface area contributed by atoms with Crippen LogP contribution < -0.4 is 20.2 Å². The summed E-state index contributed by atoms with van der Waals surface area (Å²) in [4.78, 5) is 23.8. The molecule has 0 saturated carbocycles. The number of hydrogen-bond acceptors (Lipinski definition) is 5. The molecule has 0 unspecified atom stereocenters. The molecular formula is C23H18ClFIN3O4. The molecule has 0 aliphatic carbocycles. The van der Waals surface area contributed by atoms with Gasteiger partial charge in [-0.3, -0.25) is 9.59 Å². The van der Waals surface area contributed by atoms with Crippen LogP contribution in [0.5, 0.6) is 11.5 Å². The van der Waals surface area contributed by atoms with Crippen LogP contribution in [0.2, 0.25) is 5.02 Å². The van der Waals surface area contributed by atoms with Crippen LogP contribution in [0, 0.1) is 9.39 Å².